The van der Waals surface area contributed by atoms with Crippen molar-refractivity contribution in [2.45, 2.75) is 6.92 Å². The van der Waals surface area contributed by atoms with E-state index in [9.17, 15) is 4.79 Å². The van der Waals surface area contributed by atoms with Gasteiger partial charge in [0.2, 0.25) is 0 Å². The summed E-state index contributed by atoms with van der Waals surface area (Å²) in [6.45, 7) is 2.14. The quantitative estimate of drug-likeness (QED) is 0.597. The highest BCUT2D eigenvalue weighted by Gasteiger charge is 2.00. The number of aromatic nitrogens is 2. The van der Waals surface area contributed by atoms with E-state index in [1.807, 2.05) is 12.1 Å². The third-order valence-corrected chi connectivity index (χ3v) is 2.23. The number of hydrogen-bond donors (Lipinski definition) is 0. The Balaban J connectivity index is 2.33. The molecule has 0 fully saturated rings. The first-order chi connectivity index (χ1) is 8.31. The summed E-state index contributed by atoms with van der Waals surface area (Å²) in [5, 5.41) is 0.943. The molecule has 0 aliphatic heterocycles. The van der Waals surface area contributed by atoms with Crippen molar-refractivity contribution in [3.63, 3.8) is 0 Å². The zero-order valence-corrected chi connectivity index (χ0v) is 9.46. The molecule has 17 heavy (non-hydrogen) atoms. The van der Waals surface area contributed by atoms with Crippen LogP contribution in [0.3, 0.4) is 0 Å². The third-order valence-electron chi connectivity index (χ3n) is 2.23. The zero-order chi connectivity index (χ0) is 12.1. The topological polar surface area (TPSA) is 52.1 Å². The van der Waals surface area contributed by atoms with Crippen molar-refractivity contribution in [2.75, 3.05) is 6.61 Å². The number of nitrogens with zero attached hydrogens (tertiary/aromatic N) is 2. The van der Waals surface area contributed by atoms with Gasteiger partial charge in [0.25, 0.3) is 0 Å². The van der Waals surface area contributed by atoms with Gasteiger partial charge in [0.05, 0.1) is 12.1 Å². The molecule has 2 aromatic heterocycles. The van der Waals surface area contributed by atoms with Crippen molar-refractivity contribution in [3.8, 4) is 0 Å². The summed E-state index contributed by atoms with van der Waals surface area (Å²) in [5.74, 6) is -0.361. The Labute approximate surface area is 99.0 Å². The largest absolute Gasteiger partial charge is 0.463 e. The highest BCUT2D eigenvalue weighted by molar-refractivity contribution is 5.92. The lowest BCUT2D eigenvalue weighted by Gasteiger charge is -1.99. The van der Waals surface area contributed by atoms with Crippen LogP contribution in [0.15, 0.2) is 36.8 Å². The van der Waals surface area contributed by atoms with Gasteiger partial charge < -0.3 is 4.74 Å². The van der Waals surface area contributed by atoms with Crippen LogP contribution in [-0.4, -0.2) is 22.5 Å². The average molecular weight is 228 g/mol. The van der Waals surface area contributed by atoms with Gasteiger partial charge in [-0.2, -0.15) is 0 Å². The lowest BCUT2D eigenvalue weighted by molar-refractivity contribution is -0.137. The first-order valence-electron chi connectivity index (χ1n) is 5.35. The summed E-state index contributed by atoms with van der Waals surface area (Å²) in [4.78, 5) is 19.6. The SMILES string of the molecule is CCOC(=O)/C=C\c1cncc2cccnc12. The molecule has 4 heteroatoms. The Kier molecular flexibility index (Phi) is 3.45. The van der Waals surface area contributed by atoms with E-state index in [1.165, 1.54) is 6.08 Å². The van der Waals surface area contributed by atoms with Crippen molar-refractivity contribution in [1.82, 2.24) is 9.97 Å². The molecule has 0 bridgehead atoms. The number of esters is 1. The number of fused-ring (bicyclic) bond motifs is 1. The highest BCUT2D eigenvalue weighted by atomic mass is 16.5. The van der Waals surface area contributed by atoms with Gasteiger partial charge in [-0.25, -0.2) is 4.79 Å². The molecule has 2 aromatic rings. The Morgan fingerprint density at radius 1 is 1.47 bits per heavy atom. The van der Waals surface area contributed by atoms with E-state index in [0.717, 1.165) is 16.5 Å². The lowest BCUT2D eigenvalue weighted by Crippen LogP contribution is -1.98. The number of carbonyl (C=O) groups excluding carboxylic acids is 1. The predicted octanol–water partition coefficient (Wildman–Crippen LogP) is 2.21. The fraction of sp³-hybridized carbons (Fsp3) is 0.154. The minimum atomic E-state index is -0.361. The fourth-order valence-electron chi connectivity index (χ4n) is 1.49. The monoisotopic (exact) mass is 228 g/mol. The number of carbonyl (C=O) groups is 1. The Bertz CT molecular complexity index is 559. The molecule has 0 aliphatic carbocycles. The Morgan fingerprint density at radius 3 is 3.18 bits per heavy atom. The van der Waals surface area contributed by atoms with E-state index in [4.69, 9.17) is 4.74 Å². The van der Waals surface area contributed by atoms with Crippen LogP contribution in [0, 0.1) is 0 Å². The van der Waals surface area contributed by atoms with Crippen LogP contribution in [0.2, 0.25) is 0 Å². The summed E-state index contributed by atoms with van der Waals surface area (Å²) in [6.07, 6.45) is 8.17. The molecule has 4 nitrogen and oxygen atoms in total. The Morgan fingerprint density at radius 2 is 2.35 bits per heavy atom. The van der Waals surface area contributed by atoms with Gasteiger partial charge in [-0.3, -0.25) is 9.97 Å². The van der Waals surface area contributed by atoms with Crippen LogP contribution < -0.4 is 0 Å². The molecule has 0 atom stereocenters. The molecule has 0 saturated carbocycles. The molecule has 0 radical (unpaired) electrons. The van der Waals surface area contributed by atoms with Gasteiger partial charge in [-0.05, 0) is 25.1 Å². The summed E-state index contributed by atoms with van der Waals surface area (Å²) in [6, 6.07) is 3.78. The van der Waals surface area contributed by atoms with Crippen LogP contribution >= 0.6 is 0 Å². The lowest BCUT2D eigenvalue weighted by atomic mass is 10.2. The maximum absolute atomic E-state index is 11.2. The van der Waals surface area contributed by atoms with E-state index >= 15 is 0 Å². The predicted molar refractivity (Wildman–Crippen MR) is 65.2 cm³/mol. The molecule has 0 aromatic carbocycles. The molecular formula is C13H12N2O2. The van der Waals surface area contributed by atoms with Crippen LogP contribution in [-0.2, 0) is 9.53 Å². The van der Waals surface area contributed by atoms with E-state index in [-0.39, 0.29) is 5.97 Å². The average Bonchev–Trinajstić information content (AvgIpc) is 2.36. The minimum Gasteiger partial charge on any atom is -0.463 e. The van der Waals surface area contributed by atoms with Crippen LogP contribution in [0.4, 0.5) is 0 Å². The molecule has 0 saturated heterocycles. The summed E-state index contributed by atoms with van der Waals surface area (Å²) in [5.41, 5.74) is 1.62. The van der Waals surface area contributed by atoms with Gasteiger partial charge in [-0.1, -0.05) is 0 Å². The summed E-state index contributed by atoms with van der Waals surface area (Å²) >= 11 is 0. The second-order valence-electron chi connectivity index (χ2n) is 3.39. The molecule has 2 rings (SSSR count). The fourth-order valence-corrected chi connectivity index (χ4v) is 1.49. The van der Waals surface area contributed by atoms with Gasteiger partial charge in [0.15, 0.2) is 0 Å². The smallest absolute Gasteiger partial charge is 0.330 e. The molecule has 86 valence electrons. The number of pyridine rings is 2. The molecule has 0 aliphatic rings. The molecule has 0 N–H and O–H groups in total. The number of rotatable bonds is 3. The van der Waals surface area contributed by atoms with E-state index in [1.54, 1.807) is 31.6 Å². The second kappa shape index (κ2) is 5.21. The van der Waals surface area contributed by atoms with Crippen LogP contribution in [0.5, 0.6) is 0 Å². The van der Waals surface area contributed by atoms with Gasteiger partial charge in [0, 0.05) is 35.6 Å². The van der Waals surface area contributed by atoms with Crippen molar-refractivity contribution in [1.29, 1.82) is 0 Å². The maximum Gasteiger partial charge on any atom is 0.330 e. The van der Waals surface area contributed by atoms with E-state index < -0.39 is 0 Å². The van der Waals surface area contributed by atoms with E-state index in [0.29, 0.717) is 6.61 Å². The standard InChI is InChI=1S/C13H12N2O2/c1-2-17-12(16)6-5-11-9-14-8-10-4-3-7-15-13(10)11/h3-9H,2H2,1H3/b6-5-. The van der Waals surface area contributed by atoms with Crippen molar-refractivity contribution in [2.24, 2.45) is 0 Å². The molecule has 2 heterocycles. The van der Waals surface area contributed by atoms with E-state index in [2.05, 4.69) is 9.97 Å². The highest BCUT2D eigenvalue weighted by Crippen LogP contribution is 2.15. The molecular weight excluding hydrogens is 216 g/mol. The van der Waals surface area contributed by atoms with Crippen molar-refractivity contribution >= 4 is 22.9 Å². The van der Waals surface area contributed by atoms with Crippen molar-refractivity contribution < 1.29 is 9.53 Å². The zero-order valence-electron chi connectivity index (χ0n) is 9.46. The molecule has 0 spiro atoms. The number of hydrogen-bond acceptors (Lipinski definition) is 4. The van der Waals surface area contributed by atoms with Gasteiger partial charge in [-0.15, -0.1) is 0 Å². The second-order valence-corrected chi connectivity index (χ2v) is 3.39. The minimum absolute atomic E-state index is 0.361. The van der Waals surface area contributed by atoms with Crippen LogP contribution in [0.1, 0.15) is 12.5 Å². The summed E-state index contributed by atoms with van der Waals surface area (Å²) in [7, 11) is 0. The normalized spacial score (nSPS) is 10.9. The number of ether oxygens (including phenoxy) is 1. The summed E-state index contributed by atoms with van der Waals surface area (Å²) < 4.78 is 4.81. The molecule has 0 unspecified atom stereocenters. The van der Waals surface area contributed by atoms with Gasteiger partial charge >= 0.3 is 5.97 Å². The van der Waals surface area contributed by atoms with Crippen molar-refractivity contribution in [3.05, 3.63) is 42.4 Å². The third kappa shape index (κ3) is 2.66. The maximum atomic E-state index is 11.2. The van der Waals surface area contributed by atoms with Gasteiger partial charge in [0.1, 0.15) is 0 Å². The van der Waals surface area contributed by atoms with Crippen LogP contribution in [0.25, 0.3) is 17.0 Å². The first kappa shape index (κ1) is 11.3. The first-order valence-corrected chi connectivity index (χ1v) is 5.35. The Hall–Kier alpha value is -2.23. The molecule has 0 amide bonds.